The van der Waals surface area contributed by atoms with Crippen LogP contribution >= 0.6 is 15.9 Å². The van der Waals surface area contributed by atoms with Gasteiger partial charge in [-0.05, 0) is 42.3 Å². The van der Waals surface area contributed by atoms with Crippen LogP contribution in [-0.4, -0.2) is 15.0 Å². The van der Waals surface area contributed by atoms with Gasteiger partial charge in [0.15, 0.2) is 0 Å². The molecule has 3 rings (SSSR count). The fourth-order valence-electron chi connectivity index (χ4n) is 2.03. The van der Waals surface area contributed by atoms with E-state index in [1.54, 1.807) is 12.1 Å². The second-order valence-corrected chi connectivity index (χ2v) is 5.24. The molecule has 0 fully saturated rings. The molecule has 0 aliphatic heterocycles. The van der Waals surface area contributed by atoms with Crippen molar-refractivity contribution in [1.82, 2.24) is 15.0 Å². The van der Waals surface area contributed by atoms with E-state index in [-0.39, 0.29) is 5.82 Å². The Hall–Kier alpha value is -1.75. The highest BCUT2D eigenvalue weighted by molar-refractivity contribution is 9.10. The van der Waals surface area contributed by atoms with E-state index < -0.39 is 0 Å². The largest absolute Gasteiger partial charge is 0.244 e. The summed E-state index contributed by atoms with van der Waals surface area (Å²) in [6.45, 7) is 0.677. The van der Waals surface area contributed by atoms with Crippen molar-refractivity contribution in [3.63, 3.8) is 0 Å². The van der Waals surface area contributed by atoms with Crippen LogP contribution in [0.15, 0.2) is 46.9 Å². The van der Waals surface area contributed by atoms with E-state index in [4.69, 9.17) is 0 Å². The standard InChI is InChI=1S/C14H11BrFN3/c15-11-4-5-13-14(9-11)19(18-17-13)7-6-10-2-1-3-12(16)8-10/h1-5,8-9H,6-7H2. The van der Waals surface area contributed by atoms with E-state index >= 15 is 0 Å². The SMILES string of the molecule is Fc1cccc(CCn2nnc3ccc(Br)cc32)c1. The van der Waals surface area contributed by atoms with Crippen LogP contribution in [0.2, 0.25) is 0 Å². The van der Waals surface area contributed by atoms with Crippen molar-refractivity contribution in [2.75, 3.05) is 0 Å². The number of aromatic nitrogens is 3. The molecule has 2 aromatic carbocycles. The molecular formula is C14H11BrFN3. The van der Waals surface area contributed by atoms with Gasteiger partial charge >= 0.3 is 0 Å². The molecule has 0 unspecified atom stereocenters. The van der Waals surface area contributed by atoms with Crippen LogP contribution in [0.4, 0.5) is 4.39 Å². The maximum Gasteiger partial charge on any atom is 0.123 e. The lowest BCUT2D eigenvalue weighted by Crippen LogP contribution is -2.03. The second-order valence-electron chi connectivity index (χ2n) is 4.33. The first-order valence-electron chi connectivity index (χ1n) is 5.95. The molecule has 0 saturated carbocycles. The van der Waals surface area contributed by atoms with Gasteiger partial charge in [-0.3, -0.25) is 0 Å². The van der Waals surface area contributed by atoms with Crippen LogP contribution in [0.3, 0.4) is 0 Å². The van der Waals surface area contributed by atoms with Crippen LogP contribution in [0.25, 0.3) is 11.0 Å². The number of hydrogen-bond donors (Lipinski definition) is 0. The molecule has 3 aromatic rings. The van der Waals surface area contributed by atoms with Crippen LogP contribution in [0.5, 0.6) is 0 Å². The summed E-state index contributed by atoms with van der Waals surface area (Å²) < 4.78 is 15.9. The summed E-state index contributed by atoms with van der Waals surface area (Å²) in [5.41, 5.74) is 2.80. The van der Waals surface area contributed by atoms with Crippen molar-refractivity contribution in [2.24, 2.45) is 0 Å². The van der Waals surface area contributed by atoms with Gasteiger partial charge in [0.25, 0.3) is 0 Å². The Morgan fingerprint density at radius 2 is 2.05 bits per heavy atom. The molecule has 1 heterocycles. The number of hydrogen-bond acceptors (Lipinski definition) is 2. The number of rotatable bonds is 3. The minimum Gasteiger partial charge on any atom is -0.244 e. The molecule has 0 spiro atoms. The van der Waals surface area contributed by atoms with Crippen LogP contribution in [-0.2, 0) is 13.0 Å². The highest BCUT2D eigenvalue weighted by Gasteiger charge is 2.05. The Bertz CT molecular complexity index is 724. The number of fused-ring (bicyclic) bond motifs is 1. The first-order chi connectivity index (χ1) is 9.22. The molecule has 0 N–H and O–H groups in total. The van der Waals surface area contributed by atoms with E-state index in [1.807, 2.05) is 28.9 Å². The summed E-state index contributed by atoms with van der Waals surface area (Å²) in [4.78, 5) is 0. The predicted octanol–water partition coefficient (Wildman–Crippen LogP) is 3.58. The van der Waals surface area contributed by atoms with Crippen molar-refractivity contribution < 1.29 is 4.39 Å². The van der Waals surface area contributed by atoms with Gasteiger partial charge in [-0.15, -0.1) is 5.10 Å². The lowest BCUT2D eigenvalue weighted by Gasteiger charge is -2.03. The van der Waals surface area contributed by atoms with Crippen LogP contribution in [0.1, 0.15) is 5.56 Å². The Kier molecular flexibility index (Phi) is 3.29. The lowest BCUT2D eigenvalue weighted by atomic mass is 10.1. The summed E-state index contributed by atoms with van der Waals surface area (Å²) in [5, 5.41) is 8.23. The monoisotopic (exact) mass is 319 g/mol. The number of nitrogens with zero attached hydrogens (tertiary/aromatic N) is 3. The fourth-order valence-corrected chi connectivity index (χ4v) is 2.38. The van der Waals surface area contributed by atoms with Crippen LogP contribution < -0.4 is 0 Å². The molecule has 5 heteroatoms. The number of halogens is 2. The molecule has 0 amide bonds. The minimum absolute atomic E-state index is 0.205. The molecule has 1 aromatic heterocycles. The molecule has 0 aliphatic rings. The quantitative estimate of drug-likeness (QED) is 0.738. The van der Waals surface area contributed by atoms with Gasteiger partial charge in [-0.1, -0.05) is 33.3 Å². The molecular weight excluding hydrogens is 309 g/mol. The summed E-state index contributed by atoms with van der Waals surface area (Å²) >= 11 is 3.44. The second kappa shape index (κ2) is 5.09. The number of aryl methyl sites for hydroxylation is 2. The third-order valence-electron chi connectivity index (χ3n) is 2.98. The van der Waals surface area contributed by atoms with Gasteiger partial charge < -0.3 is 0 Å². The summed E-state index contributed by atoms with van der Waals surface area (Å²) in [5.74, 6) is -0.205. The van der Waals surface area contributed by atoms with Gasteiger partial charge in [0.2, 0.25) is 0 Å². The van der Waals surface area contributed by atoms with Crippen molar-refractivity contribution in [1.29, 1.82) is 0 Å². The Labute approximate surface area is 118 Å². The molecule has 0 saturated heterocycles. The van der Waals surface area contributed by atoms with Crippen molar-refractivity contribution in [3.05, 3.63) is 58.3 Å². The van der Waals surface area contributed by atoms with E-state index in [1.165, 1.54) is 6.07 Å². The highest BCUT2D eigenvalue weighted by atomic mass is 79.9. The molecule has 0 atom stereocenters. The maximum absolute atomic E-state index is 13.1. The van der Waals surface area contributed by atoms with Crippen molar-refractivity contribution in [3.8, 4) is 0 Å². The zero-order valence-corrected chi connectivity index (χ0v) is 11.6. The predicted molar refractivity (Wildman–Crippen MR) is 75.3 cm³/mol. The minimum atomic E-state index is -0.205. The summed E-state index contributed by atoms with van der Waals surface area (Å²) in [6.07, 6.45) is 0.725. The number of benzene rings is 2. The highest BCUT2D eigenvalue weighted by Crippen LogP contribution is 2.18. The first kappa shape index (κ1) is 12.3. The normalized spacial score (nSPS) is 11.1. The molecule has 0 bridgehead atoms. The van der Waals surface area contributed by atoms with E-state index in [0.717, 1.165) is 27.5 Å². The van der Waals surface area contributed by atoms with E-state index in [0.29, 0.717) is 6.54 Å². The third kappa shape index (κ3) is 2.66. The van der Waals surface area contributed by atoms with Gasteiger partial charge in [0.1, 0.15) is 11.3 Å². The first-order valence-corrected chi connectivity index (χ1v) is 6.75. The average molecular weight is 320 g/mol. The van der Waals surface area contributed by atoms with Crippen molar-refractivity contribution in [2.45, 2.75) is 13.0 Å². The molecule has 0 aliphatic carbocycles. The summed E-state index contributed by atoms with van der Waals surface area (Å²) in [7, 11) is 0. The molecule has 19 heavy (non-hydrogen) atoms. The van der Waals surface area contributed by atoms with E-state index in [9.17, 15) is 4.39 Å². The van der Waals surface area contributed by atoms with Gasteiger partial charge in [-0.2, -0.15) is 0 Å². The van der Waals surface area contributed by atoms with Crippen LogP contribution in [0, 0.1) is 5.82 Å². The zero-order chi connectivity index (χ0) is 13.2. The zero-order valence-electron chi connectivity index (χ0n) is 10.1. The van der Waals surface area contributed by atoms with Gasteiger partial charge in [0, 0.05) is 11.0 Å². The molecule has 3 nitrogen and oxygen atoms in total. The van der Waals surface area contributed by atoms with E-state index in [2.05, 4.69) is 26.2 Å². The topological polar surface area (TPSA) is 30.7 Å². The molecule has 0 radical (unpaired) electrons. The Morgan fingerprint density at radius 3 is 2.89 bits per heavy atom. The average Bonchev–Trinajstić information content (AvgIpc) is 2.79. The lowest BCUT2D eigenvalue weighted by molar-refractivity contribution is 0.598. The Balaban J connectivity index is 1.84. The maximum atomic E-state index is 13.1. The smallest absolute Gasteiger partial charge is 0.123 e. The summed E-state index contributed by atoms with van der Waals surface area (Å²) in [6, 6.07) is 12.5. The fraction of sp³-hybridized carbons (Fsp3) is 0.143. The Morgan fingerprint density at radius 1 is 1.16 bits per heavy atom. The van der Waals surface area contributed by atoms with Gasteiger partial charge in [-0.25, -0.2) is 9.07 Å². The van der Waals surface area contributed by atoms with Crippen molar-refractivity contribution >= 4 is 27.0 Å². The third-order valence-corrected chi connectivity index (χ3v) is 3.47. The molecule has 96 valence electrons. The van der Waals surface area contributed by atoms with Gasteiger partial charge in [0.05, 0.1) is 5.52 Å².